The molecule has 0 saturated carbocycles. The predicted molar refractivity (Wildman–Crippen MR) is 104 cm³/mol. The molecule has 1 fully saturated rings. The van der Waals surface area contributed by atoms with Crippen LogP contribution < -0.4 is 0 Å². The summed E-state index contributed by atoms with van der Waals surface area (Å²) in [6.07, 6.45) is 7.15. The summed E-state index contributed by atoms with van der Waals surface area (Å²) in [4.78, 5) is 17.2. The van der Waals surface area contributed by atoms with Crippen LogP contribution in [0.3, 0.4) is 0 Å². The highest BCUT2D eigenvalue weighted by molar-refractivity contribution is 5.83. The van der Waals surface area contributed by atoms with Crippen molar-refractivity contribution in [2.24, 2.45) is 5.92 Å². The Labute approximate surface area is 156 Å². The molecule has 1 aliphatic heterocycles. The summed E-state index contributed by atoms with van der Waals surface area (Å²) in [5, 5.41) is 4.27. The molecule has 140 valence electrons. The minimum Gasteiger partial charge on any atom is -0.341 e. The molecule has 2 aromatic rings. The van der Waals surface area contributed by atoms with E-state index in [1.807, 2.05) is 42.1 Å². The lowest BCUT2D eigenvalue weighted by Crippen LogP contribution is -2.44. The van der Waals surface area contributed by atoms with Gasteiger partial charge in [-0.25, -0.2) is 0 Å². The summed E-state index contributed by atoms with van der Waals surface area (Å²) in [5.74, 6) is 0.907. The topological polar surface area (TPSA) is 41.4 Å². The van der Waals surface area contributed by atoms with E-state index in [0.29, 0.717) is 5.92 Å². The second-order valence-corrected chi connectivity index (χ2v) is 7.60. The number of benzene rings is 1. The number of piperidine rings is 1. The van der Waals surface area contributed by atoms with Gasteiger partial charge >= 0.3 is 0 Å². The van der Waals surface area contributed by atoms with E-state index in [-0.39, 0.29) is 11.9 Å². The molecule has 0 N–H and O–H groups in total. The Balaban J connectivity index is 1.56. The van der Waals surface area contributed by atoms with E-state index in [1.54, 1.807) is 0 Å². The zero-order valence-corrected chi connectivity index (χ0v) is 16.1. The normalized spacial score (nSPS) is 16.8. The lowest BCUT2D eigenvalue weighted by molar-refractivity contribution is -0.137. The first kappa shape index (κ1) is 18.6. The number of likely N-dealkylation sites (tertiary alicyclic amines) is 1. The van der Waals surface area contributed by atoms with Gasteiger partial charge in [-0.1, -0.05) is 29.8 Å². The van der Waals surface area contributed by atoms with Gasteiger partial charge in [0.05, 0.1) is 0 Å². The van der Waals surface area contributed by atoms with E-state index in [1.165, 1.54) is 5.56 Å². The van der Waals surface area contributed by atoms with Crippen molar-refractivity contribution in [2.45, 2.75) is 38.8 Å². The van der Waals surface area contributed by atoms with E-state index >= 15 is 0 Å². The summed E-state index contributed by atoms with van der Waals surface area (Å²) in [5.41, 5.74) is 2.29. The Kier molecular flexibility index (Phi) is 6.09. The van der Waals surface area contributed by atoms with Gasteiger partial charge in [-0.2, -0.15) is 5.10 Å². The lowest BCUT2D eigenvalue weighted by atomic mass is 9.92. The van der Waals surface area contributed by atoms with Crippen LogP contribution in [0.1, 0.15) is 36.4 Å². The molecule has 0 radical (unpaired) electrons. The number of aromatic nitrogens is 2. The van der Waals surface area contributed by atoms with Crippen molar-refractivity contribution in [1.29, 1.82) is 0 Å². The molecule has 3 rings (SSSR count). The third-order valence-electron chi connectivity index (χ3n) is 5.40. The Morgan fingerprint density at radius 2 is 1.92 bits per heavy atom. The fourth-order valence-electron chi connectivity index (χ4n) is 3.77. The largest absolute Gasteiger partial charge is 0.341 e. The molecule has 1 amide bonds. The quantitative estimate of drug-likeness (QED) is 0.800. The Hall–Kier alpha value is -2.14. The van der Waals surface area contributed by atoms with Crippen molar-refractivity contribution in [2.75, 3.05) is 27.2 Å². The van der Waals surface area contributed by atoms with Gasteiger partial charge in [0.15, 0.2) is 0 Å². The van der Waals surface area contributed by atoms with Gasteiger partial charge in [-0.05, 0) is 57.8 Å². The smallest absolute Gasteiger partial charge is 0.244 e. The van der Waals surface area contributed by atoms with Gasteiger partial charge in [-0.15, -0.1) is 0 Å². The molecule has 5 heteroatoms. The molecular formula is C21H30N4O. The molecule has 2 heterocycles. The second-order valence-electron chi connectivity index (χ2n) is 7.60. The van der Waals surface area contributed by atoms with Crippen molar-refractivity contribution in [3.8, 4) is 0 Å². The van der Waals surface area contributed by atoms with Gasteiger partial charge < -0.3 is 4.90 Å². The molecule has 26 heavy (non-hydrogen) atoms. The lowest BCUT2D eigenvalue weighted by Gasteiger charge is -2.36. The number of rotatable bonds is 6. The summed E-state index contributed by atoms with van der Waals surface area (Å²) in [7, 11) is 3.97. The Morgan fingerprint density at radius 1 is 1.23 bits per heavy atom. The predicted octanol–water partition coefficient (Wildman–Crippen LogP) is 3.12. The summed E-state index contributed by atoms with van der Waals surface area (Å²) < 4.78 is 2.00. The monoisotopic (exact) mass is 354 g/mol. The van der Waals surface area contributed by atoms with Crippen molar-refractivity contribution in [3.05, 3.63) is 53.9 Å². The SMILES string of the molecule is Cc1ccc([C@@H](C(=O)N2CCC(CCn3cccn3)CC2)N(C)C)cc1. The van der Waals surface area contributed by atoms with Crippen molar-refractivity contribution in [3.63, 3.8) is 0 Å². The first-order valence-corrected chi connectivity index (χ1v) is 9.54. The fourth-order valence-corrected chi connectivity index (χ4v) is 3.77. The van der Waals surface area contributed by atoms with E-state index in [9.17, 15) is 4.79 Å². The van der Waals surface area contributed by atoms with Crippen molar-refractivity contribution >= 4 is 5.91 Å². The van der Waals surface area contributed by atoms with Crippen LogP contribution in [0.25, 0.3) is 0 Å². The van der Waals surface area contributed by atoms with E-state index < -0.39 is 0 Å². The average Bonchev–Trinajstić information content (AvgIpc) is 3.15. The minimum atomic E-state index is -0.198. The molecule has 0 spiro atoms. The van der Waals surface area contributed by atoms with Gasteiger partial charge in [-0.3, -0.25) is 14.4 Å². The third kappa shape index (κ3) is 4.52. The maximum atomic E-state index is 13.1. The molecule has 1 aromatic heterocycles. The number of hydrogen-bond acceptors (Lipinski definition) is 3. The standard InChI is InChI=1S/C21H30N4O/c1-17-5-7-19(8-6-17)20(23(2)3)21(26)24-14-9-18(10-15-24)11-16-25-13-4-12-22-25/h4-8,12-13,18,20H,9-11,14-16H2,1-3H3/t20-/m0/s1. The summed E-state index contributed by atoms with van der Waals surface area (Å²) in [6.45, 7) is 4.76. The maximum absolute atomic E-state index is 13.1. The van der Waals surface area contributed by atoms with Crippen LogP contribution >= 0.6 is 0 Å². The van der Waals surface area contributed by atoms with Gasteiger partial charge in [0.2, 0.25) is 5.91 Å². The molecule has 1 aliphatic rings. The minimum absolute atomic E-state index is 0.198. The molecule has 1 aromatic carbocycles. The first-order chi connectivity index (χ1) is 12.5. The van der Waals surface area contributed by atoms with Crippen LogP contribution in [0.4, 0.5) is 0 Å². The number of aryl methyl sites for hydroxylation is 2. The summed E-state index contributed by atoms with van der Waals surface area (Å²) >= 11 is 0. The first-order valence-electron chi connectivity index (χ1n) is 9.54. The molecule has 0 unspecified atom stereocenters. The highest BCUT2D eigenvalue weighted by atomic mass is 16.2. The molecular weight excluding hydrogens is 324 g/mol. The zero-order chi connectivity index (χ0) is 18.5. The van der Waals surface area contributed by atoms with Crippen LogP contribution in [0.15, 0.2) is 42.7 Å². The third-order valence-corrected chi connectivity index (χ3v) is 5.40. The highest BCUT2D eigenvalue weighted by Crippen LogP contribution is 2.26. The number of hydrogen-bond donors (Lipinski definition) is 0. The number of nitrogens with zero attached hydrogens (tertiary/aromatic N) is 4. The zero-order valence-electron chi connectivity index (χ0n) is 16.1. The number of carbonyl (C=O) groups excluding carboxylic acids is 1. The van der Waals surface area contributed by atoms with Crippen LogP contribution in [0.2, 0.25) is 0 Å². The summed E-state index contributed by atoms with van der Waals surface area (Å²) in [6, 6.07) is 10.1. The van der Waals surface area contributed by atoms with Crippen molar-refractivity contribution in [1.82, 2.24) is 19.6 Å². The molecule has 1 atom stereocenters. The van der Waals surface area contributed by atoms with Crippen LogP contribution in [-0.4, -0.2) is 52.7 Å². The fraction of sp³-hybridized carbons (Fsp3) is 0.524. The number of amides is 1. The Bertz CT molecular complexity index is 685. The van der Waals surface area contributed by atoms with Crippen molar-refractivity contribution < 1.29 is 4.79 Å². The van der Waals surface area contributed by atoms with Gasteiger partial charge in [0, 0.05) is 32.0 Å². The Morgan fingerprint density at radius 3 is 2.50 bits per heavy atom. The average molecular weight is 354 g/mol. The van der Waals surface area contributed by atoms with E-state index in [0.717, 1.165) is 44.5 Å². The van der Waals surface area contributed by atoms with Crippen LogP contribution in [-0.2, 0) is 11.3 Å². The van der Waals surface area contributed by atoms with E-state index in [2.05, 4.69) is 41.2 Å². The molecule has 0 bridgehead atoms. The van der Waals surface area contributed by atoms with Crippen LogP contribution in [0, 0.1) is 12.8 Å². The maximum Gasteiger partial charge on any atom is 0.244 e. The number of carbonyl (C=O) groups is 1. The second kappa shape index (κ2) is 8.49. The van der Waals surface area contributed by atoms with Gasteiger partial charge in [0.25, 0.3) is 0 Å². The molecule has 1 saturated heterocycles. The molecule has 0 aliphatic carbocycles. The highest BCUT2D eigenvalue weighted by Gasteiger charge is 2.30. The van der Waals surface area contributed by atoms with Crippen LogP contribution in [0.5, 0.6) is 0 Å². The molecule has 5 nitrogen and oxygen atoms in total. The van der Waals surface area contributed by atoms with E-state index in [4.69, 9.17) is 0 Å². The number of likely N-dealkylation sites (N-methyl/N-ethyl adjacent to an activating group) is 1. The van der Waals surface area contributed by atoms with Gasteiger partial charge in [0.1, 0.15) is 6.04 Å².